The number of amides is 1. The Balaban J connectivity index is 2.20. The minimum absolute atomic E-state index is 0.151. The van der Waals surface area contributed by atoms with E-state index in [1.165, 1.54) is 0 Å². The summed E-state index contributed by atoms with van der Waals surface area (Å²) in [6.45, 7) is 0.768. The van der Waals surface area contributed by atoms with Crippen molar-refractivity contribution in [3.63, 3.8) is 0 Å². The average Bonchev–Trinajstić information content (AvgIpc) is 2.20. The van der Waals surface area contributed by atoms with Gasteiger partial charge in [0, 0.05) is 19.2 Å². The summed E-state index contributed by atoms with van der Waals surface area (Å²) in [5, 5.41) is 0. The van der Waals surface area contributed by atoms with Gasteiger partial charge < -0.3 is 0 Å². The molecule has 67 valence electrons. The molecule has 1 fully saturated rings. The van der Waals surface area contributed by atoms with Gasteiger partial charge in [0.25, 0.3) is 0 Å². The van der Waals surface area contributed by atoms with Crippen LogP contribution in [0.25, 0.3) is 0 Å². The molecule has 0 spiro atoms. The van der Waals surface area contributed by atoms with E-state index in [2.05, 4.69) is 16.3 Å². The summed E-state index contributed by atoms with van der Waals surface area (Å²) in [6.07, 6.45) is 6.76. The Bertz CT molecular complexity index is 299. The quantitative estimate of drug-likeness (QED) is 0.635. The zero-order valence-electron chi connectivity index (χ0n) is 7.23. The predicted octanol–water partition coefficient (Wildman–Crippen LogP) is 0.794. The molecule has 1 aromatic rings. The van der Waals surface area contributed by atoms with Crippen LogP contribution in [-0.2, 0) is 4.79 Å². The molecule has 0 N–H and O–H groups in total. The molecule has 1 saturated heterocycles. The molecular weight excluding hydrogens is 166 g/mol. The van der Waals surface area contributed by atoms with Crippen LogP contribution in [0.15, 0.2) is 12.3 Å². The van der Waals surface area contributed by atoms with Crippen molar-refractivity contribution in [3.8, 4) is 0 Å². The third-order valence-electron chi connectivity index (χ3n) is 2.12. The summed E-state index contributed by atoms with van der Waals surface area (Å²) >= 11 is 0. The van der Waals surface area contributed by atoms with Gasteiger partial charge >= 0.3 is 0 Å². The molecule has 0 saturated carbocycles. The predicted molar refractivity (Wildman–Crippen MR) is 47.1 cm³/mol. The van der Waals surface area contributed by atoms with Crippen LogP contribution in [0.1, 0.15) is 19.3 Å². The summed E-state index contributed by atoms with van der Waals surface area (Å²) in [4.78, 5) is 20.8. The Morgan fingerprint density at radius 1 is 1.46 bits per heavy atom. The van der Waals surface area contributed by atoms with Gasteiger partial charge in [-0.3, -0.25) is 9.69 Å². The molecule has 0 atom stereocenters. The molecule has 1 radical (unpaired) electrons. The van der Waals surface area contributed by atoms with E-state index in [-0.39, 0.29) is 5.91 Å². The van der Waals surface area contributed by atoms with Gasteiger partial charge in [0.15, 0.2) is 6.33 Å². The minimum Gasteiger partial charge on any atom is -0.297 e. The standard InChI is InChI=1S/C9H10N3O/c13-9-3-1-2-6-12(9)8-4-5-10-7-11-8/h4-5H,1-3,6H2. The van der Waals surface area contributed by atoms with Gasteiger partial charge in [-0.25, -0.2) is 9.97 Å². The van der Waals surface area contributed by atoms with Crippen LogP contribution in [0.3, 0.4) is 0 Å². The Labute approximate surface area is 76.6 Å². The highest BCUT2D eigenvalue weighted by molar-refractivity contribution is 5.92. The second-order valence-electron chi connectivity index (χ2n) is 3.02. The second-order valence-corrected chi connectivity index (χ2v) is 3.02. The van der Waals surface area contributed by atoms with Crippen LogP contribution < -0.4 is 4.90 Å². The molecule has 13 heavy (non-hydrogen) atoms. The molecular formula is C9H10N3O. The zero-order valence-corrected chi connectivity index (χ0v) is 7.23. The molecule has 0 aliphatic carbocycles. The molecule has 4 heteroatoms. The van der Waals surface area contributed by atoms with E-state index in [0.29, 0.717) is 12.2 Å². The number of aromatic nitrogens is 2. The topological polar surface area (TPSA) is 46.1 Å². The third kappa shape index (κ3) is 1.66. The lowest BCUT2D eigenvalue weighted by Crippen LogP contribution is -2.35. The third-order valence-corrected chi connectivity index (χ3v) is 2.12. The lowest BCUT2D eigenvalue weighted by atomic mass is 10.1. The lowest BCUT2D eigenvalue weighted by Gasteiger charge is -2.25. The van der Waals surface area contributed by atoms with Crippen molar-refractivity contribution in [2.45, 2.75) is 19.3 Å². The van der Waals surface area contributed by atoms with Crippen molar-refractivity contribution >= 4 is 11.7 Å². The first kappa shape index (κ1) is 8.16. The van der Waals surface area contributed by atoms with Gasteiger partial charge in [-0.2, -0.15) is 0 Å². The molecule has 0 unspecified atom stereocenters. The van der Waals surface area contributed by atoms with E-state index < -0.39 is 0 Å². The molecule has 2 heterocycles. The highest BCUT2D eigenvalue weighted by atomic mass is 16.2. The second kappa shape index (κ2) is 3.51. The molecule has 0 bridgehead atoms. The Hall–Kier alpha value is -1.45. The number of rotatable bonds is 1. The van der Waals surface area contributed by atoms with Crippen LogP contribution in [-0.4, -0.2) is 22.4 Å². The van der Waals surface area contributed by atoms with Gasteiger partial charge in [0.2, 0.25) is 5.91 Å². The number of piperidine rings is 1. The van der Waals surface area contributed by atoms with Crippen molar-refractivity contribution < 1.29 is 4.79 Å². The van der Waals surface area contributed by atoms with E-state index in [0.717, 1.165) is 19.4 Å². The summed E-state index contributed by atoms with van der Waals surface area (Å²) in [6, 6.07) is 1.74. The maximum atomic E-state index is 11.4. The van der Waals surface area contributed by atoms with Crippen molar-refractivity contribution in [2.24, 2.45) is 0 Å². The number of hydrogen-bond donors (Lipinski definition) is 0. The van der Waals surface area contributed by atoms with E-state index in [1.54, 1.807) is 17.2 Å². The van der Waals surface area contributed by atoms with Crippen LogP contribution in [0.4, 0.5) is 5.82 Å². The molecule has 1 aromatic heterocycles. The first-order valence-corrected chi connectivity index (χ1v) is 4.37. The number of carbonyl (C=O) groups excluding carboxylic acids is 1. The van der Waals surface area contributed by atoms with Crippen LogP contribution in [0.2, 0.25) is 0 Å². The summed E-state index contributed by atoms with van der Waals surface area (Å²) in [7, 11) is 0. The van der Waals surface area contributed by atoms with Crippen LogP contribution in [0, 0.1) is 6.33 Å². The lowest BCUT2D eigenvalue weighted by molar-refractivity contribution is -0.119. The van der Waals surface area contributed by atoms with Crippen molar-refractivity contribution in [1.82, 2.24) is 9.97 Å². The fourth-order valence-electron chi connectivity index (χ4n) is 1.45. The molecule has 4 nitrogen and oxygen atoms in total. The van der Waals surface area contributed by atoms with E-state index in [9.17, 15) is 4.79 Å². The maximum absolute atomic E-state index is 11.4. The summed E-state index contributed by atoms with van der Waals surface area (Å²) < 4.78 is 0. The van der Waals surface area contributed by atoms with Crippen LogP contribution >= 0.6 is 0 Å². The van der Waals surface area contributed by atoms with Crippen LogP contribution in [0.5, 0.6) is 0 Å². The number of hydrogen-bond acceptors (Lipinski definition) is 3. The highest BCUT2D eigenvalue weighted by Crippen LogP contribution is 2.16. The van der Waals surface area contributed by atoms with E-state index in [1.807, 2.05) is 0 Å². The van der Waals surface area contributed by atoms with E-state index in [4.69, 9.17) is 0 Å². The van der Waals surface area contributed by atoms with Crippen molar-refractivity contribution in [1.29, 1.82) is 0 Å². The van der Waals surface area contributed by atoms with Crippen molar-refractivity contribution in [2.75, 3.05) is 11.4 Å². The minimum atomic E-state index is 0.151. The Kier molecular flexibility index (Phi) is 2.21. The molecule has 1 aliphatic heterocycles. The Morgan fingerprint density at radius 2 is 2.38 bits per heavy atom. The molecule has 0 aromatic carbocycles. The highest BCUT2D eigenvalue weighted by Gasteiger charge is 2.19. The van der Waals surface area contributed by atoms with E-state index >= 15 is 0 Å². The fourth-order valence-corrected chi connectivity index (χ4v) is 1.45. The average molecular weight is 176 g/mol. The number of nitrogens with zero attached hydrogens (tertiary/aromatic N) is 3. The first-order valence-electron chi connectivity index (χ1n) is 4.37. The van der Waals surface area contributed by atoms with Gasteiger partial charge in [-0.15, -0.1) is 0 Å². The number of anilines is 1. The monoisotopic (exact) mass is 176 g/mol. The zero-order chi connectivity index (χ0) is 9.10. The normalized spacial score (nSPS) is 17.5. The summed E-state index contributed by atoms with van der Waals surface area (Å²) in [5.74, 6) is 0.818. The van der Waals surface area contributed by atoms with Gasteiger partial charge in [0.1, 0.15) is 5.82 Å². The molecule has 2 rings (SSSR count). The fraction of sp³-hybridized carbons (Fsp3) is 0.444. The largest absolute Gasteiger partial charge is 0.297 e. The smallest absolute Gasteiger partial charge is 0.228 e. The first-order chi connectivity index (χ1) is 6.38. The van der Waals surface area contributed by atoms with Gasteiger partial charge in [-0.05, 0) is 18.9 Å². The SMILES string of the molecule is O=C1CCCCN1c1ccn[c]n1. The van der Waals surface area contributed by atoms with Gasteiger partial charge in [0.05, 0.1) is 0 Å². The van der Waals surface area contributed by atoms with Crippen molar-refractivity contribution in [3.05, 3.63) is 18.6 Å². The Morgan fingerprint density at radius 3 is 3.08 bits per heavy atom. The molecule has 1 aliphatic rings. The number of carbonyl (C=O) groups is 1. The maximum Gasteiger partial charge on any atom is 0.228 e. The van der Waals surface area contributed by atoms with Gasteiger partial charge in [-0.1, -0.05) is 0 Å². The summed E-state index contributed by atoms with van der Waals surface area (Å²) in [5.41, 5.74) is 0. The molecule has 1 amide bonds.